The first kappa shape index (κ1) is 9.44. The van der Waals surface area contributed by atoms with Crippen molar-refractivity contribution < 1.29 is 4.84 Å². The maximum Gasteiger partial charge on any atom is 0.0577 e. The van der Waals surface area contributed by atoms with Gasteiger partial charge in [0.1, 0.15) is 0 Å². The molecule has 0 bridgehead atoms. The number of nitrogens with zero attached hydrogens (tertiary/aromatic N) is 1. The van der Waals surface area contributed by atoms with Gasteiger partial charge in [0.2, 0.25) is 0 Å². The van der Waals surface area contributed by atoms with Crippen LogP contribution < -0.4 is 0 Å². The van der Waals surface area contributed by atoms with E-state index in [-0.39, 0.29) is 0 Å². The fourth-order valence-corrected chi connectivity index (χ4v) is 1.79. The number of hydrogen-bond acceptors (Lipinski definition) is 2. The Balaban J connectivity index is 2.01. The van der Waals surface area contributed by atoms with Crippen LogP contribution in [-0.2, 0) is 11.3 Å². The second-order valence-corrected chi connectivity index (χ2v) is 3.47. The van der Waals surface area contributed by atoms with Crippen LogP contribution in [0.2, 0.25) is 0 Å². The first-order valence-corrected chi connectivity index (χ1v) is 4.91. The van der Waals surface area contributed by atoms with E-state index in [9.17, 15) is 0 Å². The minimum absolute atomic E-state index is 0.391. The molecule has 0 aliphatic carbocycles. The molecule has 0 spiro atoms. The lowest BCUT2D eigenvalue weighted by Gasteiger charge is -2.21. The molecule has 0 N–H and O–H groups in total. The van der Waals surface area contributed by atoms with Crippen molar-refractivity contribution in [2.75, 3.05) is 13.7 Å². The molecule has 1 heterocycles. The standard InChI is InChI=1S/C12H15NO/c1-14-13-9-5-8-12(13)10-11-6-3-2-4-7-11/h2-8,12H,9-10H2,1H3. The van der Waals surface area contributed by atoms with E-state index in [1.54, 1.807) is 7.11 Å². The Bertz CT molecular complexity index is 307. The highest BCUT2D eigenvalue weighted by Gasteiger charge is 2.19. The fourth-order valence-electron chi connectivity index (χ4n) is 1.79. The van der Waals surface area contributed by atoms with Crippen molar-refractivity contribution in [1.82, 2.24) is 5.06 Å². The van der Waals surface area contributed by atoms with Gasteiger partial charge in [-0.1, -0.05) is 42.5 Å². The van der Waals surface area contributed by atoms with E-state index in [2.05, 4.69) is 36.4 Å². The van der Waals surface area contributed by atoms with E-state index in [0.29, 0.717) is 6.04 Å². The van der Waals surface area contributed by atoms with Crippen molar-refractivity contribution in [2.45, 2.75) is 12.5 Å². The maximum absolute atomic E-state index is 5.27. The van der Waals surface area contributed by atoms with Crippen LogP contribution in [0, 0.1) is 0 Å². The second kappa shape index (κ2) is 4.40. The van der Waals surface area contributed by atoms with Crippen LogP contribution in [0.3, 0.4) is 0 Å². The SMILES string of the molecule is CON1CC=CC1Cc1ccccc1. The minimum atomic E-state index is 0.391. The first-order valence-electron chi connectivity index (χ1n) is 4.91. The van der Waals surface area contributed by atoms with Crippen LogP contribution in [-0.4, -0.2) is 24.8 Å². The van der Waals surface area contributed by atoms with Crippen molar-refractivity contribution in [3.8, 4) is 0 Å². The Kier molecular flexibility index (Phi) is 2.96. The van der Waals surface area contributed by atoms with Gasteiger partial charge in [0.25, 0.3) is 0 Å². The van der Waals surface area contributed by atoms with Gasteiger partial charge < -0.3 is 4.84 Å². The molecule has 0 saturated heterocycles. The summed E-state index contributed by atoms with van der Waals surface area (Å²) in [5, 5.41) is 1.99. The number of benzene rings is 1. The average molecular weight is 189 g/mol. The third-order valence-corrected chi connectivity index (χ3v) is 2.54. The predicted molar refractivity (Wildman–Crippen MR) is 56.8 cm³/mol. The molecule has 0 fully saturated rings. The lowest BCUT2D eigenvalue weighted by molar-refractivity contribution is -0.134. The molecule has 14 heavy (non-hydrogen) atoms. The van der Waals surface area contributed by atoms with E-state index >= 15 is 0 Å². The van der Waals surface area contributed by atoms with Gasteiger partial charge in [-0.15, -0.1) is 0 Å². The quantitative estimate of drug-likeness (QED) is 0.675. The molecular formula is C12H15NO. The van der Waals surface area contributed by atoms with Gasteiger partial charge in [-0.25, -0.2) is 0 Å². The molecule has 1 aliphatic rings. The lowest BCUT2D eigenvalue weighted by Crippen LogP contribution is -2.30. The topological polar surface area (TPSA) is 12.5 Å². The molecule has 2 rings (SSSR count). The molecular weight excluding hydrogens is 174 g/mol. The van der Waals surface area contributed by atoms with Gasteiger partial charge in [-0.05, 0) is 12.0 Å². The zero-order valence-corrected chi connectivity index (χ0v) is 8.39. The summed E-state index contributed by atoms with van der Waals surface area (Å²) in [4.78, 5) is 5.27. The second-order valence-electron chi connectivity index (χ2n) is 3.47. The summed E-state index contributed by atoms with van der Waals surface area (Å²) in [7, 11) is 1.73. The van der Waals surface area contributed by atoms with Crippen LogP contribution >= 0.6 is 0 Å². The van der Waals surface area contributed by atoms with Crippen molar-refractivity contribution in [2.24, 2.45) is 0 Å². The highest BCUT2D eigenvalue weighted by Crippen LogP contribution is 2.14. The summed E-state index contributed by atoms with van der Waals surface area (Å²) >= 11 is 0. The van der Waals surface area contributed by atoms with Gasteiger partial charge >= 0.3 is 0 Å². The summed E-state index contributed by atoms with van der Waals surface area (Å²) in [6.07, 6.45) is 5.37. The smallest absolute Gasteiger partial charge is 0.0577 e. The first-order chi connectivity index (χ1) is 6.90. The normalized spacial score (nSPS) is 21.6. The van der Waals surface area contributed by atoms with Crippen LogP contribution in [0.25, 0.3) is 0 Å². The maximum atomic E-state index is 5.27. The molecule has 74 valence electrons. The molecule has 2 nitrogen and oxygen atoms in total. The Morgan fingerprint density at radius 2 is 2.14 bits per heavy atom. The summed E-state index contributed by atoms with van der Waals surface area (Å²) in [6, 6.07) is 10.9. The highest BCUT2D eigenvalue weighted by atomic mass is 16.7. The Morgan fingerprint density at radius 3 is 2.86 bits per heavy atom. The summed E-state index contributed by atoms with van der Waals surface area (Å²) in [6.45, 7) is 0.897. The Morgan fingerprint density at radius 1 is 1.36 bits per heavy atom. The van der Waals surface area contributed by atoms with E-state index < -0.39 is 0 Å². The Labute approximate surface area is 84.8 Å². The molecule has 0 radical (unpaired) electrons. The van der Waals surface area contributed by atoms with E-state index in [0.717, 1.165) is 13.0 Å². The molecule has 1 aliphatic heterocycles. The summed E-state index contributed by atoms with van der Waals surface area (Å²) in [5.41, 5.74) is 1.35. The van der Waals surface area contributed by atoms with Gasteiger partial charge in [-0.2, -0.15) is 5.06 Å². The van der Waals surface area contributed by atoms with Crippen LogP contribution in [0.1, 0.15) is 5.56 Å². The molecule has 0 saturated carbocycles. The monoisotopic (exact) mass is 189 g/mol. The molecule has 0 amide bonds. The number of hydrogen-bond donors (Lipinski definition) is 0. The third-order valence-electron chi connectivity index (χ3n) is 2.54. The zero-order valence-electron chi connectivity index (χ0n) is 8.39. The van der Waals surface area contributed by atoms with Crippen molar-refractivity contribution in [3.05, 3.63) is 48.0 Å². The molecule has 1 atom stereocenters. The highest BCUT2D eigenvalue weighted by molar-refractivity contribution is 5.18. The van der Waals surface area contributed by atoms with Gasteiger partial charge in [0, 0.05) is 6.54 Å². The lowest BCUT2D eigenvalue weighted by atomic mass is 10.1. The van der Waals surface area contributed by atoms with Gasteiger partial charge in [-0.3, -0.25) is 0 Å². The number of rotatable bonds is 3. The molecule has 1 aromatic carbocycles. The number of hydroxylamine groups is 2. The van der Waals surface area contributed by atoms with E-state index in [1.807, 2.05) is 11.1 Å². The van der Waals surface area contributed by atoms with Crippen LogP contribution in [0.5, 0.6) is 0 Å². The summed E-state index contributed by atoms with van der Waals surface area (Å²) < 4.78 is 0. The van der Waals surface area contributed by atoms with Gasteiger partial charge in [0.05, 0.1) is 13.2 Å². The zero-order chi connectivity index (χ0) is 9.80. The Hall–Kier alpha value is -1.12. The summed E-state index contributed by atoms with van der Waals surface area (Å²) in [5.74, 6) is 0. The van der Waals surface area contributed by atoms with Crippen LogP contribution in [0.4, 0.5) is 0 Å². The van der Waals surface area contributed by atoms with Crippen molar-refractivity contribution in [1.29, 1.82) is 0 Å². The van der Waals surface area contributed by atoms with E-state index in [1.165, 1.54) is 5.56 Å². The largest absolute Gasteiger partial charge is 0.301 e. The average Bonchev–Trinajstić information content (AvgIpc) is 2.67. The molecule has 0 aromatic heterocycles. The van der Waals surface area contributed by atoms with Crippen molar-refractivity contribution >= 4 is 0 Å². The minimum Gasteiger partial charge on any atom is -0.301 e. The molecule has 2 heteroatoms. The fraction of sp³-hybridized carbons (Fsp3) is 0.333. The van der Waals surface area contributed by atoms with E-state index in [4.69, 9.17) is 4.84 Å². The predicted octanol–water partition coefficient (Wildman–Crippen LogP) is 2.03. The third kappa shape index (κ3) is 2.03. The molecule has 1 unspecified atom stereocenters. The molecule has 1 aromatic rings. The van der Waals surface area contributed by atoms with Crippen molar-refractivity contribution in [3.63, 3.8) is 0 Å². The van der Waals surface area contributed by atoms with Crippen LogP contribution in [0.15, 0.2) is 42.5 Å². The van der Waals surface area contributed by atoms with Gasteiger partial charge in [0.15, 0.2) is 0 Å².